The van der Waals surface area contributed by atoms with Gasteiger partial charge in [0.05, 0.1) is 12.6 Å². The first-order chi connectivity index (χ1) is 14.6. The maximum atomic E-state index is 12.6. The van der Waals surface area contributed by atoms with Crippen LogP contribution in [0.25, 0.3) is 0 Å². The van der Waals surface area contributed by atoms with Gasteiger partial charge in [0.2, 0.25) is 5.91 Å². The van der Waals surface area contributed by atoms with Crippen LogP contribution in [0.2, 0.25) is 0 Å². The zero-order chi connectivity index (χ0) is 21.3. The number of hydrogen-bond acceptors (Lipinski definition) is 5. The highest BCUT2D eigenvalue weighted by molar-refractivity contribution is 5.94. The summed E-state index contributed by atoms with van der Waals surface area (Å²) in [7, 11) is 0. The molecular weight excluding hydrogens is 382 g/mol. The van der Waals surface area contributed by atoms with Crippen LogP contribution in [0, 0.1) is 0 Å². The third-order valence-electron chi connectivity index (χ3n) is 5.14. The first kappa shape index (κ1) is 21.6. The number of nitrogens with zero attached hydrogens (tertiary/aromatic N) is 2. The van der Waals surface area contributed by atoms with Gasteiger partial charge < -0.3 is 19.7 Å². The maximum absolute atomic E-state index is 12.6. The highest BCUT2D eigenvalue weighted by Crippen LogP contribution is 2.18. The molecule has 1 heterocycles. The minimum Gasteiger partial charge on any atom is -0.489 e. The number of ether oxygens (including phenoxy) is 2. The molecule has 1 aliphatic rings. The van der Waals surface area contributed by atoms with E-state index in [-0.39, 0.29) is 18.0 Å². The van der Waals surface area contributed by atoms with E-state index < -0.39 is 0 Å². The molecule has 0 aliphatic carbocycles. The van der Waals surface area contributed by atoms with Crippen molar-refractivity contribution in [3.8, 4) is 5.75 Å². The molecule has 1 atom stereocenters. The lowest BCUT2D eigenvalue weighted by molar-refractivity contribution is -0.121. The number of carbonyl (C=O) groups excluding carboxylic acids is 2. The standard InChI is InChI=1S/C23H29N3O4/c1-3-29-23(28)26-15-13-25(14-16-26)18(2)22(27)24-20-9-11-21(12-10-20)30-17-19-7-5-4-6-8-19/h4-12,18H,3,13-17H2,1-2H3,(H,24,27). The summed E-state index contributed by atoms with van der Waals surface area (Å²) in [6.45, 7) is 6.94. The zero-order valence-corrected chi connectivity index (χ0v) is 17.5. The van der Waals surface area contributed by atoms with Crippen LogP contribution < -0.4 is 10.1 Å². The molecule has 1 aliphatic heterocycles. The number of amides is 2. The number of benzene rings is 2. The van der Waals surface area contributed by atoms with Gasteiger partial charge in [0, 0.05) is 31.9 Å². The van der Waals surface area contributed by atoms with Gasteiger partial charge in [0.25, 0.3) is 0 Å². The fourth-order valence-electron chi connectivity index (χ4n) is 3.29. The summed E-state index contributed by atoms with van der Waals surface area (Å²) >= 11 is 0. The molecule has 0 spiro atoms. The van der Waals surface area contributed by atoms with Gasteiger partial charge in [0.1, 0.15) is 12.4 Å². The largest absolute Gasteiger partial charge is 0.489 e. The second-order valence-electron chi connectivity index (χ2n) is 7.19. The molecule has 1 fully saturated rings. The first-order valence-electron chi connectivity index (χ1n) is 10.3. The van der Waals surface area contributed by atoms with E-state index in [0.29, 0.717) is 39.4 Å². The second-order valence-corrected chi connectivity index (χ2v) is 7.19. The summed E-state index contributed by atoms with van der Waals surface area (Å²) in [6, 6.07) is 17.1. The smallest absolute Gasteiger partial charge is 0.409 e. The molecule has 30 heavy (non-hydrogen) atoms. The predicted molar refractivity (Wildman–Crippen MR) is 115 cm³/mol. The number of nitrogens with one attached hydrogen (secondary N) is 1. The molecule has 1 unspecified atom stereocenters. The highest BCUT2D eigenvalue weighted by Gasteiger charge is 2.28. The van der Waals surface area contributed by atoms with E-state index in [4.69, 9.17) is 9.47 Å². The van der Waals surface area contributed by atoms with Crippen molar-refractivity contribution >= 4 is 17.7 Å². The molecule has 2 aromatic carbocycles. The Morgan fingerprint density at radius 1 is 1.00 bits per heavy atom. The minimum absolute atomic E-state index is 0.0717. The Bertz CT molecular complexity index is 818. The molecule has 160 valence electrons. The SMILES string of the molecule is CCOC(=O)N1CCN(C(C)C(=O)Nc2ccc(OCc3ccccc3)cc2)CC1. The molecule has 0 radical (unpaired) electrons. The van der Waals surface area contributed by atoms with E-state index in [0.717, 1.165) is 17.0 Å². The van der Waals surface area contributed by atoms with E-state index >= 15 is 0 Å². The molecule has 7 heteroatoms. The van der Waals surface area contributed by atoms with E-state index in [1.54, 1.807) is 11.8 Å². The van der Waals surface area contributed by atoms with Crippen molar-refractivity contribution in [1.82, 2.24) is 9.80 Å². The summed E-state index contributed by atoms with van der Waals surface area (Å²) < 4.78 is 10.8. The maximum Gasteiger partial charge on any atom is 0.409 e. The van der Waals surface area contributed by atoms with Crippen LogP contribution in [-0.4, -0.2) is 60.6 Å². The van der Waals surface area contributed by atoms with Crippen LogP contribution in [0.15, 0.2) is 54.6 Å². The third-order valence-corrected chi connectivity index (χ3v) is 5.14. The van der Waals surface area contributed by atoms with Crippen LogP contribution in [0.4, 0.5) is 10.5 Å². The Morgan fingerprint density at radius 2 is 1.67 bits per heavy atom. The molecule has 2 aromatic rings. The van der Waals surface area contributed by atoms with Crippen molar-refractivity contribution < 1.29 is 19.1 Å². The van der Waals surface area contributed by atoms with E-state index in [1.165, 1.54) is 0 Å². The second kappa shape index (κ2) is 10.6. The number of carbonyl (C=O) groups is 2. The van der Waals surface area contributed by atoms with E-state index in [2.05, 4.69) is 10.2 Å². The molecule has 0 saturated carbocycles. The third kappa shape index (κ3) is 5.97. The molecule has 1 N–H and O–H groups in total. The summed E-state index contributed by atoms with van der Waals surface area (Å²) in [4.78, 5) is 28.2. The monoisotopic (exact) mass is 411 g/mol. The Hall–Kier alpha value is -3.06. The lowest BCUT2D eigenvalue weighted by Gasteiger charge is -2.36. The fraction of sp³-hybridized carbons (Fsp3) is 0.391. The summed E-state index contributed by atoms with van der Waals surface area (Å²) in [5.41, 5.74) is 1.83. The predicted octanol–water partition coefficient (Wildman–Crippen LogP) is 3.37. The van der Waals surface area contributed by atoms with Gasteiger partial charge in [-0.1, -0.05) is 30.3 Å². The molecule has 1 saturated heterocycles. The van der Waals surface area contributed by atoms with Crippen LogP contribution in [0.5, 0.6) is 5.75 Å². The van der Waals surface area contributed by atoms with Gasteiger partial charge in [0.15, 0.2) is 0 Å². The topological polar surface area (TPSA) is 71.1 Å². The van der Waals surface area contributed by atoms with Gasteiger partial charge in [-0.3, -0.25) is 9.69 Å². The normalized spacial score (nSPS) is 15.3. The Labute approximate surface area is 177 Å². The van der Waals surface area contributed by atoms with Gasteiger partial charge in [-0.15, -0.1) is 0 Å². The van der Waals surface area contributed by atoms with Crippen LogP contribution >= 0.6 is 0 Å². The molecule has 3 rings (SSSR count). The highest BCUT2D eigenvalue weighted by atomic mass is 16.6. The summed E-state index contributed by atoms with van der Waals surface area (Å²) in [5.74, 6) is 0.678. The van der Waals surface area contributed by atoms with Crippen LogP contribution in [0.3, 0.4) is 0 Å². The van der Waals surface area contributed by atoms with Crippen LogP contribution in [-0.2, 0) is 16.1 Å². The summed E-state index contributed by atoms with van der Waals surface area (Å²) in [6.07, 6.45) is -0.288. The minimum atomic E-state index is -0.289. The first-order valence-corrected chi connectivity index (χ1v) is 10.3. The Balaban J connectivity index is 1.45. The van der Waals surface area contributed by atoms with Crippen molar-refractivity contribution in [2.75, 3.05) is 38.1 Å². The lowest BCUT2D eigenvalue weighted by atomic mass is 10.2. The number of piperazine rings is 1. The molecule has 2 amide bonds. The van der Waals surface area contributed by atoms with Crippen molar-refractivity contribution in [1.29, 1.82) is 0 Å². The van der Waals surface area contributed by atoms with Crippen molar-refractivity contribution in [3.05, 3.63) is 60.2 Å². The van der Waals surface area contributed by atoms with E-state index in [9.17, 15) is 9.59 Å². The van der Waals surface area contributed by atoms with Gasteiger partial charge in [-0.25, -0.2) is 4.79 Å². The molecular formula is C23H29N3O4. The van der Waals surface area contributed by atoms with Crippen molar-refractivity contribution in [3.63, 3.8) is 0 Å². The van der Waals surface area contributed by atoms with Crippen molar-refractivity contribution in [2.45, 2.75) is 26.5 Å². The van der Waals surface area contributed by atoms with Gasteiger partial charge >= 0.3 is 6.09 Å². The number of rotatable bonds is 7. The fourth-order valence-corrected chi connectivity index (χ4v) is 3.29. The van der Waals surface area contributed by atoms with Gasteiger partial charge in [-0.2, -0.15) is 0 Å². The zero-order valence-electron chi connectivity index (χ0n) is 17.5. The molecule has 0 bridgehead atoms. The van der Waals surface area contributed by atoms with Crippen molar-refractivity contribution in [2.24, 2.45) is 0 Å². The average Bonchev–Trinajstić information content (AvgIpc) is 2.79. The molecule has 7 nitrogen and oxygen atoms in total. The quantitative estimate of drug-likeness (QED) is 0.756. The lowest BCUT2D eigenvalue weighted by Crippen LogP contribution is -2.54. The Kier molecular flexibility index (Phi) is 7.68. The number of hydrogen-bond donors (Lipinski definition) is 1. The molecule has 0 aromatic heterocycles. The Morgan fingerprint density at radius 3 is 2.30 bits per heavy atom. The van der Waals surface area contributed by atoms with E-state index in [1.807, 2.05) is 61.5 Å². The summed E-state index contributed by atoms with van der Waals surface area (Å²) in [5, 5.41) is 2.95. The number of anilines is 1. The average molecular weight is 412 g/mol. The van der Waals surface area contributed by atoms with Crippen LogP contribution in [0.1, 0.15) is 19.4 Å². The van der Waals surface area contributed by atoms with Gasteiger partial charge in [-0.05, 0) is 43.7 Å².